The number of likely N-dealkylation sites (N-methyl/N-ethyl adjacent to an activating group) is 1. The second-order valence-corrected chi connectivity index (χ2v) is 5.38. The number of nitrogens with two attached hydrogens (primary N) is 1. The second kappa shape index (κ2) is 8.12. The maximum Gasteiger partial charge on any atom is 0.122 e. The van der Waals surface area contributed by atoms with Crippen LogP contribution in [0.1, 0.15) is 32.4 Å². The molecule has 0 aliphatic rings. The van der Waals surface area contributed by atoms with Crippen molar-refractivity contribution in [3.8, 4) is 11.5 Å². The third-order valence-electron chi connectivity index (χ3n) is 3.43. The van der Waals surface area contributed by atoms with Crippen molar-refractivity contribution >= 4 is 0 Å². The fourth-order valence-electron chi connectivity index (χ4n) is 2.46. The summed E-state index contributed by atoms with van der Waals surface area (Å²) in [7, 11) is 3.34. The van der Waals surface area contributed by atoms with E-state index < -0.39 is 0 Å². The van der Waals surface area contributed by atoms with Crippen LogP contribution in [0, 0.1) is 5.92 Å². The minimum Gasteiger partial charge on any atom is -0.497 e. The molecule has 0 aliphatic carbocycles. The van der Waals surface area contributed by atoms with Crippen LogP contribution >= 0.6 is 0 Å². The van der Waals surface area contributed by atoms with Gasteiger partial charge in [-0.05, 0) is 30.2 Å². The molecular formula is C16H28N2O2. The predicted molar refractivity (Wildman–Crippen MR) is 83.4 cm³/mol. The van der Waals surface area contributed by atoms with Crippen LogP contribution in [0.3, 0.4) is 0 Å². The van der Waals surface area contributed by atoms with Crippen molar-refractivity contribution in [2.75, 3.05) is 33.9 Å². The number of ether oxygens (including phenoxy) is 2. The molecule has 114 valence electrons. The molecule has 0 saturated carbocycles. The lowest BCUT2D eigenvalue weighted by atomic mass is 10.0. The molecule has 1 unspecified atom stereocenters. The Morgan fingerprint density at radius 2 is 1.65 bits per heavy atom. The Labute approximate surface area is 122 Å². The first-order valence-corrected chi connectivity index (χ1v) is 7.22. The lowest BCUT2D eigenvalue weighted by Crippen LogP contribution is -2.36. The van der Waals surface area contributed by atoms with Gasteiger partial charge in [-0.3, -0.25) is 4.90 Å². The van der Waals surface area contributed by atoms with Crippen molar-refractivity contribution in [1.29, 1.82) is 0 Å². The normalized spacial score (nSPS) is 12.8. The molecule has 2 N–H and O–H groups in total. The molecule has 1 aromatic rings. The summed E-state index contributed by atoms with van der Waals surface area (Å²) in [5.74, 6) is 2.22. The summed E-state index contributed by atoms with van der Waals surface area (Å²) in [5.41, 5.74) is 7.16. The molecule has 0 radical (unpaired) electrons. The first-order chi connectivity index (χ1) is 9.55. The van der Waals surface area contributed by atoms with Crippen molar-refractivity contribution in [2.45, 2.75) is 26.8 Å². The molecule has 20 heavy (non-hydrogen) atoms. The first kappa shape index (κ1) is 16.8. The van der Waals surface area contributed by atoms with Gasteiger partial charge in [-0.1, -0.05) is 20.8 Å². The second-order valence-electron chi connectivity index (χ2n) is 5.38. The maximum absolute atomic E-state index is 6.02. The van der Waals surface area contributed by atoms with Crippen LogP contribution in [-0.2, 0) is 0 Å². The molecule has 4 nitrogen and oxygen atoms in total. The van der Waals surface area contributed by atoms with Gasteiger partial charge in [0.2, 0.25) is 0 Å². The van der Waals surface area contributed by atoms with E-state index in [4.69, 9.17) is 15.2 Å². The minimum atomic E-state index is 0.186. The quantitative estimate of drug-likeness (QED) is 0.795. The number of hydrogen-bond acceptors (Lipinski definition) is 4. The largest absolute Gasteiger partial charge is 0.497 e. The minimum absolute atomic E-state index is 0.186. The fraction of sp³-hybridized carbons (Fsp3) is 0.625. The lowest BCUT2D eigenvalue weighted by molar-refractivity contribution is 0.188. The molecule has 0 bridgehead atoms. The predicted octanol–water partition coefficient (Wildman–Crippen LogP) is 2.68. The summed E-state index contributed by atoms with van der Waals surface area (Å²) in [6, 6.07) is 6.16. The standard InChI is InChI=1S/C16H28N2O2/c1-6-18(11-12(2)3)16(10-17)13-7-14(19-4)9-15(8-13)20-5/h7-9,12,16H,6,10-11,17H2,1-5H3. The SMILES string of the molecule is CCN(CC(C)C)C(CN)c1cc(OC)cc(OC)c1. The van der Waals surface area contributed by atoms with Gasteiger partial charge in [0.1, 0.15) is 11.5 Å². The number of rotatable bonds is 8. The van der Waals surface area contributed by atoms with E-state index in [1.54, 1.807) is 14.2 Å². The molecule has 0 amide bonds. The highest BCUT2D eigenvalue weighted by Crippen LogP contribution is 2.29. The van der Waals surface area contributed by atoms with Crippen LogP contribution < -0.4 is 15.2 Å². The summed E-state index contributed by atoms with van der Waals surface area (Å²) in [5, 5.41) is 0. The van der Waals surface area contributed by atoms with Gasteiger partial charge in [0.15, 0.2) is 0 Å². The topological polar surface area (TPSA) is 47.7 Å². The molecule has 1 rings (SSSR count). The van der Waals surface area contributed by atoms with E-state index in [1.807, 2.05) is 18.2 Å². The molecule has 4 heteroatoms. The first-order valence-electron chi connectivity index (χ1n) is 7.22. The van der Waals surface area contributed by atoms with Crippen molar-refractivity contribution in [2.24, 2.45) is 11.7 Å². The van der Waals surface area contributed by atoms with E-state index in [0.29, 0.717) is 12.5 Å². The van der Waals surface area contributed by atoms with Gasteiger partial charge in [0.05, 0.1) is 14.2 Å². The molecule has 1 aromatic carbocycles. The van der Waals surface area contributed by atoms with Crippen LogP contribution in [0.4, 0.5) is 0 Å². The monoisotopic (exact) mass is 280 g/mol. The average Bonchev–Trinajstić information content (AvgIpc) is 2.45. The van der Waals surface area contributed by atoms with Crippen LogP contribution in [0.25, 0.3) is 0 Å². The summed E-state index contributed by atoms with van der Waals surface area (Å²) >= 11 is 0. The molecule has 0 aliphatic heterocycles. The van der Waals surface area contributed by atoms with E-state index in [9.17, 15) is 0 Å². The lowest BCUT2D eigenvalue weighted by Gasteiger charge is -2.32. The fourth-order valence-corrected chi connectivity index (χ4v) is 2.46. The van der Waals surface area contributed by atoms with Gasteiger partial charge in [0.25, 0.3) is 0 Å². The van der Waals surface area contributed by atoms with Gasteiger partial charge in [-0.25, -0.2) is 0 Å². The molecule has 0 heterocycles. The molecule has 0 saturated heterocycles. The number of methoxy groups -OCH3 is 2. The Morgan fingerprint density at radius 3 is 2.00 bits per heavy atom. The van der Waals surface area contributed by atoms with E-state index >= 15 is 0 Å². The van der Waals surface area contributed by atoms with Crippen molar-refractivity contribution in [3.63, 3.8) is 0 Å². The Bertz CT molecular complexity index is 385. The molecule has 0 spiro atoms. The molecule has 0 fully saturated rings. The molecular weight excluding hydrogens is 252 g/mol. The highest BCUT2D eigenvalue weighted by molar-refractivity contribution is 5.40. The molecule has 0 aromatic heterocycles. The van der Waals surface area contributed by atoms with Crippen molar-refractivity contribution in [1.82, 2.24) is 4.90 Å². The van der Waals surface area contributed by atoms with Crippen LogP contribution in [0.5, 0.6) is 11.5 Å². The number of hydrogen-bond donors (Lipinski definition) is 1. The van der Waals surface area contributed by atoms with Gasteiger partial charge in [-0.2, -0.15) is 0 Å². The van der Waals surface area contributed by atoms with Crippen LogP contribution in [0.2, 0.25) is 0 Å². The van der Waals surface area contributed by atoms with Crippen LogP contribution in [-0.4, -0.2) is 38.8 Å². The summed E-state index contributed by atoms with van der Waals surface area (Å²) in [4.78, 5) is 2.40. The Kier molecular flexibility index (Phi) is 6.82. The average molecular weight is 280 g/mol. The zero-order valence-electron chi connectivity index (χ0n) is 13.3. The smallest absolute Gasteiger partial charge is 0.122 e. The Balaban J connectivity index is 3.09. The van der Waals surface area contributed by atoms with Gasteiger partial charge in [-0.15, -0.1) is 0 Å². The van der Waals surface area contributed by atoms with Crippen molar-refractivity contribution in [3.05, 3.63) is 23.8 Å². The zero-order chi connectivity index (χ0) is 15.1. The number of nitrogens with zero attached hydrogens (tertiary/aromatic N) is 1. The van der Waals surface area contributed by atoms with E-state index in [-0.39, 0.29) is 6.04 Å². The van der Waals surface area contributed by atoms with E-state index in [1.165, 1.54) is 0 Å². The van der Waals surface area contributed by atoms with E-state index in [0.717, 1.165) is 30.2 Å². The van der Waals surface area contributed by atoms with Gasteiger partial charge >= 0.3 is 0 Å². The van der Waals surface area contributed by atoms with E-state index in [2.05, 4.69) is 25.7 Å². The summed E-state index contributed by atoms with van der Waals surface area (Å²) in [6.45, 7) is 9.20. The maximum atomic E-state index is 6.02. The number of benzene rings is 1. The summed E-state index contributed by atoms with van der Waals surface area (Å²) in [6.07, 6.45) is 0. The third kappa shape index (κ3) is 4.39. The van der Waals surface area contributed by atoms with Gasteiger partial charge in [0, 0.05) is 25.2 Å². The van der Waals surface area contributed by atoms with Crippen LogP contribution in [0.15, 0.2) is 18.2 Å². The zero-order valence-corrected chi connectivity index (χ0v) is 13.3. The summed E-state index contributed by atoms with van der Waals surface area (Å²) < 4.78 is 10.7. The van der Waals surface area contributed by atoms with Crippen molar-refractivity contribution < 1.29 is 9.47 Å². The Hall–Kier alpha value is -1.26. The third-order valence-corrected chi connectivity index (χ3v) is 3.43. The highest BCUT2D eigenvalue weighted by atomic mass is 16.5. The highest BCUT2D eigenvalue weighted by Gasteiger charge is 2.20. The molecule has 1 atom stereocenters. The van der Waals surface area contributed by atoms with Gasteiger partial charge < -0.3 is 15.2 Å². The Morgan fingerprint density at radius 1 is 1.10 bits per heavy atom.